The number of halogens is 1. The lowest BCUT2D eigenvalue weighted by molar-refractivity contribution is 0.0945. The molecule has 0 aliphatic heterocycles. The summed E-state index contributed by atoms with van der Waals surface area (Å²) in [4.78, 5) is 32.5. The van der Waals surface area contributed by atoms with Gasteiger partial charge in [0.05, 0.1) is 11.9 Å². The standard InChI is InChI=1S/C20H18FN5O2/c1-23-20(28)17-18(22)24-11-16(26-17)12-6-4-7-13(9-12)19(27)25-10-14-5-2-3-8-15(14)21/h2-9,11H,10H2,1H3,(H2,22,24)(H,23,28)(H,25,27). The van der Waals surface area contributed by atoms with Crippen LogP contribution in [0.5, 0.6) is 0 Å². The first-order valence-electron chi connectivity index (χ1n) is 8.46. The van der Waals surface area contributed by atoms with Crippen LogP contribution in [0.3, 0.4) is 0 Å². The normalized spacial score (nSPS) is 10.4. The van der Waals surface area contributed by atoms with Crippen molar-refractivity contribution in [1.82, 2.24) is 20.6 Å². The number of nitrogen functional groups attached to an aromatic ring is 1. The molecule has 4 N–H and O–H groups in total. The fourth-order valence-corrected chi connectivity index (χ4v) is 2.56. The van der Waals surface area contributed by atoms with E-state index in [1.807, 2.05) is 0 Å². The van der Waals surface area contributed by atoms with Gasteiger partial charge >= 0.3 is 0 Å². The van der Waals surface area contributed by atoms with Gasteiger partial charge in [0.1, 0.15) is 5.82 Å². The van der Waals surface area contributed by atoms with Gasteiger partial charge in [-0.2, -0.15) is 0 Å². The number of hydrogen-bond acceptors (Lipinski definition) is 5. The molecule has 1 aromatic heterocycles. The number of carbonyl (C=O) groups excluding carboxylic acids is 2. The van der Waals surface area contributed by atoms with Crippen LogP contribution in [0, 0.1) is 5.82 Å². The highest BCUT2D eigenvalue weighted by Crippen LogP contribution is 2.20. The molecule has 0 radical (unpaired) electrons. The molecular formula is C20H18FN5O2. The summed E-state index contributed by atoms with van der Waals surface area (Å²) in [7, 11) is 1.47. The Balaban J connectivity index is 1.81. The minimum absolute atomic E-state index is 0.00871. The lowest BCUT2D eigenvalue weighted by Gasteiger charge is -2.09. The van der Waals surface area contributed by atoms with Gasteiger partial charge in [0, 0.05) is 30.3 Å². The highest BCUT2D eigenvalue weighted by atomic mass is 19.1. The van der Waals surface area contributed by atoms with Crippen molar-refractivity contribution in [3.05, 3.63) is 77.4 Å². The van der Waals surface area contributed by atoms with Gasteiger partial charge in [-0.05, 0) is 18.2 Å². The van der Waals surface area contributed by atoms with Crippen molar-refractivity contribution in [2.45, 2.75) is 6.54 Å². The van der Waals surface area contributed by atoms with Crippen molar-refractivity contribution in [3.63, 3.8) is 0 Å². The molecule has 3 rings (SSSR count). The largest absolute Gasteiger partial charge is 0.382 e. The molecule has 0 fully saturated rings. The molecule has 0 unspecified atom stereocenters. The number of nitrogens with one attached hydrogen (secondary N) is 2. The summed E-state index contributed by atoms with van der Waals surface area (Å²) in [5.41, 5.74) is 7.47. The van der Waals surface area contributed by atoms with Gasteiger partial charge in [-0.15, -0.1) is 0 Å². The van der Waals surface area contributed by atoms with E-state index in [1.165, 1.54) is 19.3 Å². The Hall–Kier alpha value is -3.81. The van der Waals surface area contributed by atoms with E-state index in [-0.39, 0.29) is 29.8 Å². The van der Waals surface area contributed by atoms with Crippen molar-refractivity contribution in [1.29, 1.82) is 0 Å². The maximum absolute atomic E-state index is 13.7. The van der Waals surface area contributed by atoms with E-state index >= 15 is 0 Å². The number of anilines is 1. The zero-order chi connectivity index (χ0) is 20.1. The number of rotatable bonds is 5. The van der Waals surface area contributed by atoms with Gasteiger partial charge in [0.25, 0.3) is 11.8 Å². The van der Waals surface area contributed by atoms with Crippen LogP contribution in [-0.2, 0) is 6.54 Å². The molecule has 3 aromatic rings. The molecule has 0 bridgehead atoms. The number of amides is 2. The van der Waals surface area contributed by atoms with E-state index in [0.717, 1.165) is 0 Å². The Morgan fingerprint density at radius 3 is 2.64 bits per heavy atom. The van der Waals surface area contributed by atoms with Gasteiger partial charge in [-0.3, -0.25) is 9.59 Å². The van der Waals surface area contributed by atoms with Crippen LogP contribution in [0.2, 0.25) is 0 Å². The molecule has 2 amide bonds. The van der Waals surface area contributed by atoms with Crippen LogP contribution in [0.25, 0.3) is 11.3 Å². The molecule has 0 saturated carbocycles. The van der Waals surface area contributed by atoms with Gasteiger partial charge in [0.2, 0.25) is 0 Å². The van der Waals surface area contributed by atoms with E-state index in [1.54, 1.807) is 42.5 Å². The second-order valence-electron chi connectivity index (χ2n) is 5.92. The summed E-state index contributed by atoms with van der Waals surface area (Å²) >= 11 is 0. The van der Waals surface area contributed by atoms with Crippen LogP contribution in [0.15, 0.2) is 54.7 Å². The quantitative estimate of drug-likeness (QED) is 0.629. The molecule has 0 aliphatic rings. The molecule has 0 atom stereocenters. The Kier molecular flexibility index (Phi) is 5.59. The lowest BCUT2D eigenvalue weighted by Crippen LogP contribution is -2.23. The van der Waals surface area contributed by atoms with Crippen LogP contribution >= 0.6 is 0 Å². The Bertz CT molecular complexity index is 1040. The minimum atomic E-state index is -0.453. The topological polar surface area (TPSA) is 110 Å². The minimum Gasteiger partial charge on any atom is -0.382 e. The zero-order valence-electron chi connectivity index (χ0n) is 15.1. The first-order valence-corrected chi connectivity index (χ1v) is 8.46. The van der Waals surface area contributed by atoms with Gasteiger partial charge < -0.3 is 16.4 Å². The van der Waals surface area contributed by atoms with E-state index < -0.39 is 5.91 Å². The lowest BCUT2D eigenvalue weighted by atomic mass is 10.1. The molecule has 1 heterocycles. The highest BCUT2D eigenvalue weighted by Gasteiger charge is 2.14. The number of aromatic nitrogens is 2. The van der Waals surface area contributed by atoms with Crippen molar-refractivity contribution >= 4 is 17.6 Å². The first kappa shape index (κ1) is 19.0. The van der Waals surface area contributed by atoms with E-state index in [2.05, 4.69) is 20.6 Å². The Morgan fingerprint density at radius 2 is 1.89 bits per heavy atom. The number of benzene rings is 2. The summed E-state index contributed by atoms with van der Waals surface area (Å²) in [5.74, 6) is -1.18. The number of nitrogens with two attached hydrogens (primary N) is 1. The molecule has 0 saturated heterocycles. The first-order chi connectivity index (χ1) is 13.5. The maximum atomic E-state index is 13.7. The molecule has 2 aromatic carbocycles. The van der Waals surface area contributed by atoms with Crippen molar-refractivity contribution in [3.8, 4) is 11.3 Å². The third kappa shape index (κ3) is 4.12. The van der Waals surface area contributed by atoms with Crippen LogP contribution < -0.4 is 16.4 Å². The van der Waals surface area contributed by atoms with E-state index in [0.29, 0.717) is 22.4 Å². The van der Waals surface area contributed by atoms with Crippen molar-refractivity contribution in [2.24, 2.45) is 0 Å². The zero-order valence-corrected chi connectivity index (χ0v) is 15.1. The van der Waals surface area contributed by atoms with Crippen LogP contribution in [-0.4, -0.2) is 28.8 Å². The molecule has 0 spiro atoms. The molecule has 28 heavy (non-hydrogen) atoms. The molecule has 0 aliphatic carbocycles. The van der Waals surface area contributed by atoms with Crippen molar-refractivity contribution in [2.75, 3.05) is 12.8 Å². The number of carbonyl (C=O) groups is 2. The summed E-state index contributed by atoms with van der Waals surface area (Å²) in [6, 6.07) is 12.9. The summed E-state index contributed by atoms with van der Waals surface area (Å²) in [5, 5.41) is 5.13. The van der Waals surface area contributed by atoms with E-state index in [9.17, 15) is 14.0 Å². The van der Waals surface area contributed by atoms with Crippen LogP contribution in [0.1, 0.15) is 26.4 Å². The predicted octanol–water partition coefficient (Wildman–Crippen LogP) is 2.15. The SMILES string of the molecule is CNC(=O)c1nc(-c2cccc(C(=O)NCc3ccccc3F)c2)cnc1N. The predicted molar refractivity (Wildman–Crippen MR) is 103 cm³/mol. The molecule has 7 nitrogen and oxygen atoms in total. The molecule has 142 valence electrons. The second kappa shape index (κ2) is 8.26. The maximum Gasteiger partial charge on any atom is 0.273 e. The monoisotopic (exact) mass is 379 g/mol. The molecular weight excluding hydrogens is 361 g/mol. The Morgan fingerprint density at radius 1 is 1.11 bits per heavy atom. The number of hydrogen-bond donors (Lipinski definition) is 3. The Labute approximate surface area is 160 Å². The van der Waals surface area contributed by atoms with Gasteiger partial charge in [-0.1, -0.05) is 30.3 Å². The molecule has 8 heteroatoms. The average Bonchev–Trinajstić information content (AvgIpc) is 2.73. The fraction of sp³-hybridized carbons (Fsp3) is 0.100. The average molecular weight is 379 g/mol. The summed E-state index contributed by atoms with van der Waals surface area (Å²) in [6.07, 6.45) is 1.43. The highest BCUT2D eigenvalue weighted by molar-refractivity contribution is 5.97. The van der Waals surface area contributed by atoms with E-state index in [4.69, 9.17) is 5.73 Å². The third-order valence-corrected chi connectivity index (χ3v) is 4.06. The van der Waals surface area contributed by atoms with Crippen LogP contribution in [0.4, 0.5) is 10.2 Å². The smallest absolute Gasteiger partial charge is 0.273 e. The van der Waals surface area contributed by atoms with Gasteiger partial charge in [-0.25, -0.2) is 14.4 Å². The summed E-state index contributed by atoms with van der Waals surface area (Å²) in [6.45, 7) is 0.0677. The second-order valence-corrected chi connectivity index (χ2v) is 5.92. The van der Waals surface area contributed by atoms with Gasteiger partial charge in [0.15, 0.2) is 11.5 Å². The summed E-state index contributed by atoms with van der Waals surface area (Å²) < 4.78 is 13.7. The number of nitrogens with zero attached hydrogens (tertiary/aromatic N) is 2. The third-order valence-electron chi connectivity index (χ3n) is 4.06. The van der Waals surface area contributed by atoms with Crippen molar-refractivity contribution < 1.29 is 14.0 Å². The fourth-order valence-electron chi connectivity index (χ4n) is 2.56.